The van der Waals surface area contributed by atoms with E-state index in [0.29, 0.717) is 12.0 Å². The topological polar surface area (TPSA) is 37.0 Å². The van der Waals surface area contributed by atoms with Gasteiger partial charge in [-0.3, -0.25) is 0 Å². The van der Waals surface area contributed by atoms with Gasteiger partial charge < -0.3 is 15.0 Å². The van der Waals surface area contributed by atoms with Gasteiger partial charge in [0.05, 0.1) is 13.2 Å². The molecule has 2 N–H and O–H groups in total. The van der Waals surface area contributed by atoms with E-state index in [1.165, 1.54) is 32.7 Å². The number of hydrogen-bond donors (Lipinski definition) is 2. The molecule has 1 aliphatic rings. The number of ether oxygens (including phenoxy) is 1. The van der Waals surface area contributed by atoms with Crippen LogP contribution in [0.2, 0.25) is 0 Å². The van der Waals surface area contributed by atoms with Gasteiger partial charge >= 0.3 is 0 Å². The average Bonchev–Trinajstić information content (AvgIpc) is 3.36. The first kappa shape index (κ1) is 15.5. The van der Waals surface area contributed by atoms with Crippen LogP contribution in [0.4, 0.5) is 5.69 Å². The van der Waals surface area contributed by atoms with Gasteiger partial charge in [-0.05, 0) is 59.1 Å². The second-order valence-corrected chi connectivity index (χ2v) is 7.75. The predicted octanol–water partition coefficient (Wildman–Crippen LogP) is 5.93. The number of anilines is 1. The van der Waals surface area contributed by atoms with E-state index in [-0.39, 0.29) is 0 Å². The van der Waals surface area contributed by atoms with Crippen LogP contribution in [-0.4, -0.2) is 12.1 Å². The highest BCUT2D eigenvalue weighted by Gasteiger charge is 2.30. The summed E-state index contributed by atoms with van der Waals surface area (Å²) >= 11 is 1.82. The number of para-hydroxylation sites is 1. The Labute approximate surface area is 156 Å². The van der Waals surface area contributed by atoms with Crippen molar-refractivity contribution >= 4 is 27.9 Å². The first-order chi connectivity index (χ1) is 12.8. The first-order valence-electron chi connectivity index (χ1n) is 8.87. The summed E-state index contributed by atoms with van der Waals surface area (Å²) in [6.07, 6.45) is 1.02. The van der Waals surface area contributed by atoms with Gasteiger partial charge in [-0.25, -0.2) is 0 Å². The van der Waals surface area contributed by atoms with Crippen molar-refractivity contribution in [1.82, 2.24) is 4.98 Å². The fraction of sp³-hybridized carbons (Fsp3) is 0.182. The Morgan fingerprint density at radius 1 is 1.04 bits per heavy atom. The van der Waals surface area contributed by atoms with E-state index in [0.717, 1.165) is 12.2 Å². The zero-order valence-corrected chi connectivity index (χ0v) is 15.3. The van der Waals surface area contributed by atoms with E-state index in [9.17, 15) is 0 Å². The van der Waals surface area contributed by atoms with Gasteiger partial charge in [0, 0.05) is 27.7 Å². The van der Waals surface area contributed by atoms with E-state index in [1.54, 1.807) is 7.11 Å². The summed E-state index contributed by atoms with van der Waals surface area (Å²) in [6, 6.07) is 21.8. The summed E-state index contributed by atoms with van der Waals surface area (Å²) < 4.78 is 5.49. The molecule has 0 amide bonds. The molecule has 0 fully saturated rings. The molecule has 2 aromatic heterocycles. The van der Waals surface area contributed by atoms with Crippen LogP contribution in [0.15, 0.2) is 66.0 Å². The minimum atomic E-state index is 0.306. The minimum Gasteiger partial charge on any atom is -0.497 e. The van der Waals surface area contributed by atoms with Crippen molar-refractivity contribution in [3.63, 3.8) is 0 Å². The second kappa shape index (κ2) is 6.22. The third-order valence-electron chi connectivity index (χ3n) is 5.25. The van der Waals surface area contributed by atoms with Crippen LogP contribution in [0.5, 0.6) is 5.75 Å². The summed E-state index contributed by atoms with van der Waals surface area (Å²) in [7, 11) is 1.73. The van der Waals surface area contributed by atoms with Crippen LogP contribution in [0.1, 0.15) is 34.5 Å². The van der Waals surface area contributed by atoms with Crippen LogP contribution in [-0.2, 0) is 0 Å². The normalized spacial score (nSPS) is 19.1. The van der Waals surface area contributed by atoms with E-state index in [1.807, 2.05) is 17.4 Å². The number of aromatic nitrogens is 1. The molecule has 5 rings (SSSR count). The fourth-order valence-corrected chi connectivity index (χ4v) is 4.74. The quantitative estimate of drug-likeness (QED) is 0.475. The number of methoxy groups -OCH3 is 1. The molecular weight excluding hydrogens is 340 g/mol. The molecule has 0 saturated heterocycles. The smallest absolute Gasteiger partial charge is 0.119 e. The van der Waals surface area contributed by atoms with Crippen molar-refractivity contribution in [1.29, 1.82) is 0 Å². The highest BCUT2D eigenvalue weighted by atomic mass is 32.1. The molecule has 3 heterocycles. The summed E-state index contributed by atoms with van der Waals surface area (Å²) in [5.41, 5.74) is 4.95. The molecule has 0 bridgehead atoms. The molecule has 130 valence electrons. The van der Waals surface area contributed by atoms with Crippen LogP contribution < -0.4 is 10.1 Å². The molecular formula is C22H20N2OS. The molecule has 26 heavy (non-hydrogen) atoms. The zero-order chi connectivity index (χ0) is 17.5. The third-order valence-corrected chi connectivity index (χ3v) is 6.23. The molecule has 4 aromatic rings. The number of nitrogens with one attached hydrogen (secondary N) is 2. The van der Waals surface area contributed by atoms with E-state index in [2.05, 4.69) is 70.3 Å². The van der Waals surface area contributed by atoms with Crippen molar-refractivity contribution in [2.24, 2.45) is 0 Å². The Balaban J connectivity index is 1.63. The van der Waals surface area contributed by atoms with Gasteiger partial charge in [0.25, 0.3) is 0 Å². The standard InChI is InChI=1S/C22H20N2OS/c1-25-15-8-9-19-16(12-15)17(13-21(24-19)22-7-4-10-26-22)20-11-14-5-2-3-6-18(14)23-20/h2-12,17,21,23-24H,13H2,1H3/t17-,21-/m1/s1. The highest BCUT2D eigenvalue weighted by Crippen LogP contribution is 2.45. The summed E-state index contributed by atoms with van der Waals surface area (Å²) in [4.78, 5) is 5.03. The minimum absolute atomic E-state index is 0.306. The van der Waals surface area contributed by atoms with Crippen LogP contribution in [0.25, 0.3) is 10.9 Å². The molecule has 1 aliphatic heterocycles. The van der Waals surface area contributed by atoms with E-state index < -0.39 is 0 Å². The molecule has 0 saturated carbocycles. The maximum Gasteiger partial charge on any atom is 0.119 e. The lowest BCUT2D eigenvalue weighted by Gasteiger charge is -2.33. The highest BCUT2D eigenvalue weighted by molar-refractivity contribution is 7.10. The maximum atomic E-state index is 5.49. The summed E-state index contributed by atoms with van der Waals surface area (Å²) in [6.45, 7) is 0. The number of thiophene rings is 1. The van der Waals surface area contributed by atoms with Gasteiger partial charge in [0.1, 0.15) is 5.75 Å². The number of hydrogen-bond acceptors (Lipinski definition) is 3. The molecule has 2 atom stereocenters. The van der Waals surface area contributed by atoms with Crippen LogP contribution >= 0.6 is 11.3 Å². The van der Waals surface area contributed by atoms with Crippen molar-refractivity contribution in [3.05, 3.63) is 82.2 Å². The van der Waals surface area contributed by atoms with E-state index in [4.69, 9.17) is 4.74 Å². The molecule has 0 unspecified atom stereocenters. The van der Waals surface area contributed by atoms with Crippen molar-refractivity contribution in [2.45, 2.75) is 18.4 Å². The van der Waals surface area contributed by atoms with Crippen LogP contribution in [0, 0.1) is 0 Å². The lowest BCUT2D eigenvalue weighted by molar-refractivity contribution is 0.413. The maximum absolute atomic E-state index is 5.49. The number of benzene rings is 2. The third kappa shape index (κ3) is 2.58. The summed E-state index contributed by atoms with van der Waals surface area (Å²) in [5.74, 6) is 1.21. The number of rotatable bonds is 3. The first-order valence-corrected chi connectivity index (χ1v) is 9.75. The number of aromatic amines is 1. The van der Waals surface area contributed by atoms with Gasteiger partial charge in [0.15, 0.2) is 0 Å². The lowest BCUT2D eigenvalue weighted by Crippen LogP contribution is -2.22. The van der Waals surface area contributed by atoms with Gasteiger partial charge in [0.2, 0.25) is 0 Å². The molecule has 2 aromatic carbocycles. The monoisotopic (exact) mass is 360 g/mol. The zero-order valence-electron chi connectivity index (χ0n) is 14.5. The molecule has 4 heteroatoms. The number of fused-ring (bicyclic) bond motifs is 2. The van der Waals surface area contributed by atoms with Gasteiger partial charge in [-0.2, -0.15) is 0 Å². The Morgan fingerprint density at radius 3 is 2.77 bits per heavy atom. The van der Waals surface area contributed by atoms with E-state index >= 15 is 0 Å². The number of H-pyrrole nitrogens is 1. The molecule has 0 spiro atoms. The molecule has 0 radical (unpaired) electrons. The summed E-state index contributed by atoms with van der Waals surface area (Å²) in [5, 5.41) is 7.14. The largest absolute Gasteiger partial charge is 0.497 e. The predicted molar refractivity (Wildman–Crippen MR) is 108 cm³/mol. The molecule has 0 aliphatic carbocycles. The van der Waals surface area contributed by atoms with Crippen LogP contribution in [0.3, 0.4) is 0 Å². The Morgan fingerprint density at radius 2 is 1.96 bits per heavy atom. The van der Waals surface area contributed by atoms with Crippen molar-refractivity contribution < 1.29 is 4.74 Å². The second-order valence-electron chi connectivity index (χ2n) is 6.77. The van der Waals surface area contributed by atoms with Crippen molar-refractivity contribution in [3.8, 4) is 5.75 Å². The Bertz CT molecular complexity index is 1020. The fourth-order valence-electron chi connectivity index (χ4n) is 3.95. The van der Waals surface area contributed by atoms with Crippen molar-refractivity contribution in [2.75, 3.05) is 12.4 Å². The average molecular weight is 360 g/mol. The Kier molecular flexibility index (Phi) is 3.71. The Hall–Kier alpha value is -2.72. The van der Waals surface area contributed by atoms with Gasteiger partial charge in [-0.15, -0.1) is 11.3 Å². The molecule has 3 nitrogen and oxygen atoms in total. The van der Waals surface area contributed by atoms with Gasteiger partial charge in [-0.1, -0.05) is 24.3 Å². The SMILES string of the molecule is COc1ccc2c(c1)[C@H](c1cc3ccccc3[nH]1)C[C@H](c1cccs1)N2. The lowest BCUT2D eigenvalue weighted by atomic mass is 9.84.